The topological polar surface area (TPSA) is 124 Å². The average molecular weight is 501 g/mol. The summed E-state index contributed by atoms with van der Waals surface area (Å²) >= 11 is 0. The second-order valence-corrected chi connectivity index (χ2v) is 10.5. The monoisotopic (exact) mass is 500 g/mol. The number of sulfonamides is 1. The lowest BCUT2D eigenvalue weighted by Crippen LogP contribution is -2.41. The number of pyridine rings is 1. The molecule has 0 spiro atoms. The van der Waals surface area contributed by atoms with Gasteiger partial charge in [0.1, 0.15) is 17.2 Å². The van der Waals surface area contributed by atoms with Gasteiger partial charge in [-0.25, -0.2) is 26.5 Å². The molecule has 0 saturated carbocycles. The van der Waals surface area contributed by atoms with Gasteiger partial charge in [-0.05, 0) is 36.6 Å². The molecule has 1 aliphatic rings. The van der Waals surface area contributed by atoms with Crippen LogP contribution in [-0.2, 0) is 10.0 Å². The third kappa shape index (κ3) is 4.30. The fraction of sp³-hybridized carbons (Fsp3) is 0.261. The van der Waals surface area contributed by atoms with Crippen LogP contribution in [0.4, 0.5) is 14.6 Å². The van der Waals surface area contributed by atoms with E-state index in [1.165, 1.54) is 35.0 Å². The second-order valence-electron chi connectivity index (χ2n) is 8.48. The van der Waals surface area contributed by atoms with Crippen LogP contribution >= 0.6 is 0 Å². The van der Waals surface area contributed by atoms with Gasteiger partial charge < -0.3 is 10.5 Å². The number of H-pyrrole nitrogens is 1. The molecular weight excluding hydrogens is 478 g/mol. The Morgan fingerprint density at radius 1 is 1.17 bits per heavy atom. The first-order chi connectivity index (χ1) is 16.8. The van der Waals surface area contributed by atoms with Gasteiger partial charge in [0.2, 0.25) is 10.0 Å². The Morgan fingerprint density at radius 2 is 1.89 bits per heavy atom. The van der Waals surface area contributed by atoms with Crippen LogP contribution in [0.15, 0.2) is 41.6 Å². The van der Waals surface area contributed by atoms with Gasteiger partial charge in [0, 0.05) is 29.9 Å². The Balaban J connectivity index is 1.62. The van der Waals surface area contributed by atoms with E-state index < -0.39 is 21.7 Å². The molecule has 0 atom stereocenters. The number of aromatic amines is 1. The van der Waals surface area contributed by atoms with E-state index in [4.69, 9.17) is 5.21 Å². The second kappa shape index (κ2) is 8.86. The number of piperidine rings is 1. The smallest absolute Gasteiger partial charge is 0.211 e. The van der Waals surface area contributed by atoms with E-state index in [0.717, 1.165) is 0 Å². The molecule has 2 aromatic carbocycles. The summed E-state index contributed by atoms with van der Waals surface area (Å²) in [6, 6.07) is 8.65. The number of fused-ring (bicyclic) bond motifs is 3. The Morgan fingerprint density at radius 3 is 2.54 bits per heavy atom. The normalized spacial score (nSPS) is 16.0. The van der Waals surface area contributed by atoms with Crippen LogP contribution in [0.1, 0.15) is 18.4 Å². The number of oxime groups is 1. The quantitative estimate of drug-likeness (QED) is 0.218. The molecule has 5 rings (SSSR count). The molecule has 0 amide bonds. The highest BCUT2D eigenvalue weighted by Crippen LogP contribution is 2.36. The Labute approximate surface area is 199 Å². The van der Waals surface area contributed by atoms with Crippen molar-refractivity contribution >= 4 is 43.9 Å². The maximum atomic E-state index is 14.8. The maximum absolute atomic E-state index is 14.8. The van der Waals surface area contributed by atoms with E-state index in [-0.39, 0.29) is 17.3 Å². The van der Waals surface area contributed by atoms with Crippen molar-refractivity contribution in [2.45, 2.75) is 18.9 Å². The highest BCUT2D eigenvalue weighted by molar-refractivity contribution is 7.88. The van der Waals surface area contributed by atoms with E-state index in [0.29, 0.717) is 59.1 Å². The summed E-state index contributed by atoms with van der Waals surface area (Å²) in [4.78, 5) is 4.63. The molecule has 182 valence electrons. The SMILES string of the molecule is CS(=O)(=O)N1CCC(Nc2n[nH]c3c2nc(-c2c(F)cccc2F)c2cc(/C=N\O)ccc23)CC1. The summed E-state index contributed by atoms with van der Waals surface area (Å²) < 4.78 is 54.6. The summed E-state index contributed by atoms with van der Waals surface area (Å²) in [6.07, 6.45) is 3.56. The van der Waals surface area contributed by atoms with E-state index >= 15 is 0 Å². The van der Waals surface area contributed by atoms with Gasteiger partial charge in [0.25, 0.3) is 0 Å². The molecule has 35 heavy (non-hydrogen) atoms. The fourth-order valence-corrected chi connectivity index (χ4v) is 5.34. The molecule has 0 aliphatic carbocycles. The zero-order valence-electron chi connectivity index (χ0n) is 18.7. The zero-order valence-corrected chi connectivity index (χ0v) is 19.5. The molecule has 0 radical (unpaired) electrons. The molecular formula is C23H22F2N6O3S. The molecule has 1 fully saturated rings. The lowest BCUT2D eigenvalue weighted by atomic mass is 10.00. The molecule has 3 heterocycles. The average Bonchev–Trinajstić information content (AvgIpc) is 3.21. The number of aromatic nitrogens is 3. The van der Waals surface area contributed by atoms with Gasteiger partial charge >= 0.3 is 0 Å². The van der Waals surface area contributed by atoms with Crippen LogP contribution in [0.25, 0.3) is 33.1 Å². The summed E-state index contributed by atoms with van der Waals surface area (Å²) in [7, 11) is -3.25. The van der Waals surface area contributed by atoms with Gasteiger partial charge in [-0.3, -0.25) is 5.10 Å². The zero-order chi connectivity index (χ0) is 24.7. The lowest BCUT2D eigenvalue weighted by Gasteiger charge is -2.30. The van der Waals surface area contributed by atoms with Gasteiger partial charge in [0.05, 0.1) is 29.2 Å². The number of anilines is 1. The molecule has 9 nitrogen and oxygen atoms in total. The van der Waals surface area contributed by atoms with E-state index in [2.05, 4.69) is 25.7 Å². The molecule has 12 heteroatoms. The third-order valence-corrected chi connectivity index (χ3v) is 7.51. The predicted octanol–water partition coefficient (Wildman–Crippen LogP) is 3.70. The van der Waals surface area contributed by atoms with E-state index in [9.17, 15) is 17.2 Å². The number of benzene rings is 2. The summed E-state index contributed by atoms with van der Waals surface area (Å²) in [5, 5.41) is 23.7. The molecule has 1 aliphatic heterocycles. The minimum absolute atomic E-state index is 0.0474. The Kier molecular flexibility index (Phi) is 5.85. The van der Waals surface area contributed by atoms with Crippen LogP contribution in [0.3, 0.4) is 0 Å². The number of rotatable bonds is 5. The van der Waals surface area contributed by atoms with Crippen molar-refractivity contribution in [1.29, 1.82) is 0 Å². The van der Waals surface area contributed by atoms with Crippen molar-refractivity contribution in [2.75, 3.05) is 24.7 Å². The van der Waals surface area contributed by atoms with Crippen molar-refractivity contribution in [3.8, 4) is 11.3 Å². The highest BCUT2D eigenvalue weighted by atomic mass is 32.2. The number of nitrogens with zero attached hydrogens (tertiary/aromatic N) is 4. The van der Waals surface area contributed by atoms with Gasteiger partial charge in [-0.1, -0.05) is 23.4 Å². The highest BCUT2D eigenvalue weighted by Gasteiger charge is 2.26. The van der Waals surface area contributed by atoms with Crippen LogP contribution in [-0.4, -0.2) is 64.7 Å². The van der Waals surface area contributed by atoms with E-state index in [1.54, 1.807) is 18.2 Å². The number of hydrogen-bond acceptors (Lipinski definition) is 7. The van der Waals surface area contributed by atoms with Crippen LogP contribution in [0, 0.1) is 11.6 Å². The minimum atomic E-state index is -3.25. The maximum Gasteiger partial charge on any atom is 0.211 e. The van der Waals surface area contributed by atoms with Crippen LogP contribution < -0.4 is 5.32 Å². The van der Waals surface area contributed by atoms with Crippen molar-refractivity contribution < 1.29 is 22.4 Å². The van der Waals surface area contributed by atoms with Gasteiger partial charge in [-0.15, -0.1) is 0 Å². The molecule has 3 N–H and O–H groups in total. The number of hydrogen-bond donors (Lipinski definition) is 3. The molecule has 0 unspecified atom stereocenters. The third-order valence-electron chi connectivity index (χ3n) is 6.20. The molecule has 4 aromatic rings. The van der Waals surface area contributed by atoms with Crippen molar-refractivity contribution in [3.63, 3.8) is 0 Å². The first-order valence-corrected chi connectivity index (χ1v) is 12.8. The summed E-state index contributed by atoms with van der Waals surface area (Å²) in [5.41, 5.74) is 1.32. The summed E-state index contributed by atoms with van der Waals surface area (Å²) in [5.74, 6) is -1.10. The van der Waals surface area contributed by atoms with Gasteiger partial charge in [0.15, 0.2) is 5.82 Å². The van der Waals surface area contributed by atoms with Crippen molar-refractivity contribution in [3.05, 3.63) is 53.6 Å². The first-order valence-electron chi connectivity index (χ1n) is 10.9. The minimum Gasteiger partial charge on any atom is -0.411 e. The van der Waals surface area contributed by atoms with Gasteiger partial charge in [-0.2, -0.15) is 5.10 Å². The molecule has 2 aromatic heterocycles. The van der Waals surface area contributed by atoms with E-state index in [1.807, 2.05) is 0 Å². The van der Waals surface area contributed by atoms with Crippen LogP contribution in [0.2, 0.25) is 0 Å². The first kappa shape index (κ1) is 23.1. The Hall–Kier alpha value is -3.64. The standard InChI is InChI=1S/C23H22F2N6O3S/c1-35(33,34)31-9-7-14(8-10-31)27-23-22-21(29-30-23)15-6-5-13(12-26-32)11-16(15)20(28-22)19-17(24)3-2-4-18(19)25/h2-6,11-12,14,32H,7-10H2,1H3,(H2,27,29,30)/b26-12-. The Bertz CT molecular complexity index is 1540. The number of halogens is 2. The largest absolute Gasteiger partial charge is 0.411 e. The molecule has 1 saturated heterocycles. The van der Waals surface area contributed by atoms with Crippen molar-refractivity contribution in [1.82, 2.24) is 19.5 Å². The fourth-order valence-electron chi connectivity index (χ4n) is 4.47. The molecule has 0 bridgehead atoms. The summed E-state index contributed by atoms with van der Waals surface area (Å²) in [6.45, 7) is 0.770. The number of nitrogens with one attached hydrogen (secondary N) is 2. The predicted molar refractivity (Wildman–Crippen MR) is 129 cm³/mol. The van der Waals surface area contributed by atoms with Crippen LogP contribution in [0.5, 0.6) is 0 Å². The van der Waals surface area contributed by atoms with Crippen molar-refractivity contribution in [2.24, 2.45) is 5.16 Å². The lowest BCUT2D eigenvalue weighted by molar-refractivity contribution is 0.322.